The number of hydrogen-bond acceptors (Lipinski definition) is 6. The highest BCUT2D eigenvalue weighted by Crippen LogP contribution is 2.66. The topological polar surface area (TPSA) is 76.1 Å². The lowest BCUT2D eigenvalue weighted by Crippen LogP contribution is -2.58. The van der Waals surface area contributed by atoms with E-state index in [-0.39, 0.29) is 34.7 Å². The molecule has 0 aromatic carbocycles. The van der Waals surface area contributed by atoms with Gasteiger partial charge in [0.2, 0.25) is 0 Å². The van der Waals surface area contributed by atoms with Crippen molar-refractivity contribution in [2.75, 3.05) is 39.5 Å². The summed E-state index contributed by atoms with van der Waals surface area (Å²) in [5, 5.41) is 10.2. The van der Waals surface area contributed by atoms with Crippen molar-refractivity contribution in [2.45, 2.75) is 71.3 Å². The van der Waals surface area contributed by atoms with E-state index in [1.807, 2.05) is 0 Å². The minimum Gasteiger partial charge on any atom is -0.464 e. The van der Waals surface area contributed by atoms with Crippen LogP contribution in [0.3, 0.4) is 0 Å². The number of esters is 1. The fourth-order valence-corrected chi connectivity index (χ4v) is 8.64. The summed E-state index contributed by atoms with van der Waals surface area (Å²) < 4.78 is 11.2. The number of rotatable bonds is 4. The second-order valence-electron chi connectivity index (χ2n) is 11.9. The minimum atomic E-state index is -0.258. The Morgan fingerprint density at radius 3 is 2.69 bits per heavy atom. The predicted molar refractivity (Wildman–Crippen MR) is 120 cm³/mol. The molecule has 4 saturated carbocycles. The van der Waals surface area contributed by atoms with Crippen molar-refractivity contribution in [2.24, 2.45) is 40.4 Å². The molecule has 0 bridgehead atoms. The average molecular weight is 448 g/mol. The zero-order valence-electron chi connectivity index (χ0n) is 19.9. The number of nitrogens with zero attached hydrogens (tertiary/aromatic N) is 1. The Kier molecular flexibility index (Phi) is 6.17. The van der Waals surface area contributed by atoms with Crippen LogP contribution in [0.15, 0.2) is 0 Å². The van der Waals surface area contributed by atoms with Gasteiger partial charge in [0.25, 0.3) is 0 Å². The standard InChI is InChI=1S/C26H41NO5/c1-25-8-7-18(28)15-17(25)3-4-19-20-5-6-21(26(20,2)16-22(29)23(19)25)24(30)32-14-11-27-9-12-31-13-10-27/h17-21,23,28H,3-16H2,1-2H3/t17-,18-,19+,20+,21-,23-,25+,26+/m1/s1. The molecule has 5 aliphatic rings. The monoisotopic (exact) mass is 447 g/mol. The van der Waals surface area contributed by atoms with Gasteiger partial charge in [-0.2, -0.15) is 0 Å². The van der Waals surface area contributed by atoms with Crippen molar-refractivity contribution in [3.05, 3.63) is 0 Å². The van der Waals surface area contributed by atoms with Crippen LogP contribution in [-0.4, -0.2) is 67.3 Å². The van der Waals surface area contributed by atoms with Gasteiger partial charge in [-0.3, -0.25) is 14.5 Å². The molecular formula is C26H41NO5. The molecule has 0 amide bonds. The number of ketones is 1. The Bertz CT molecular complexity index is 736. The third-order valence-electron chi connectivity index (χ3n) is 10.4. The van der Waals surface area contributed by atoms with Crippen LogP contribution in [0.4, 0.5) is 0 Å². The number of carbonyl (C=O) groups is 2. The first-order valence-corrected chi connectivity index (χ1v) is 13.0. The van der Waals surface area contributed by atoms with Crippen molar-refractivity contribution in [3.63, 3.8) is 0 Å². The number of fused-ring (bicyclic) bond motifs is 5. The van der Waals surface area contributed by atoms with E-state index in [0.717, 1.165) is 77.8 Å². The maximum absolute atomic E-state index is 13.7. The number of aliphatic hydroxyl groups excluding tert-OH is 1. The van der Waals surface area contributed by atoms with E-state index in [1.165, 1.54) is 0 Å². The Hall–Kier alpha value is -0.980. The van der Waals surface area contributed by atoms with Crippen LogP contribution in [-0.2, 0) is 19.1 Å². The van der Waals surface area contributed by atoms with Crippen LogP contribution in [0, 0.1) is 40.4 Å². The number of carbonyl (C=O) groups excluding carboxylic acids is 2. The SMILES string of the molecule is C[C@]12CC[C@@H](O)C[C@H]1CC[C@H]1[C@@H]3CC[C@H](C(=O)OCCN4CCOCC4)[C@@]3(C)CC(=O)[C@@H]12. The zero-order chi connectivity index (χ0) is 22.5. The maximum atomic E-state index is 13.7. The van der Waals surface area contributed by atoms with E-state index in [4.69, 9.17) is 9.47 Å². The summed E-state index contributed by atoms with van der Waals surface area (Å²) in [6, 6.07) is 0. The van der Waals surface area contributed by atoms with Gasteiger partial charge in [0.15, 0.2) is 0 Å². The first kappa shape index (κ1) is 22.8. The number of morpholine rings is 1. The summed E-state index contributed by atoms with van der Waals surface area (Å²) in [4.78, 5) is 29.1. The fourth-order valence-electron chi connectivity index (χ4n) is 8.64. The molecule has 4 aliphatic carbocycles. The van der Waals surface area contributed by atoms with E-state index in [2.05, 4.69) is 18.7 Å². The fraction of sp³-hybridized carbons (Fsp3) is 0.923. The molecule has 1 aliphatic heterocycles. The van der Waals surface area contributed by atoms with Crippen LogP contribution < -0.4 is 0 Å². The molecule has 180 valence electrons. The van der Waals surface area contributed by atoms with Crippen LogP contribution in [0.2, 0.25) is 0 Å². The van der Waals surface area contributed by atoms with Crippen molar-refractivity contribution in [1.29, 1.82) is 0 Å². The van der Waals surface area contributed by atoms with E-state index in [1.54, 1.807) is 0 Å². The van der Waals surface area contributed by atoms with Crippen molar-refractivity contribution in [3.8, 4) is 0 Å². The summed E-state index contributed by atoms with van der Waals surface area (Å²) in [7, 11) is 0. The summed E-state index contributed by atoms with van der Waals surface area (Å²) >= 11 is 0. The number of hydrogen-bond donors (Lipinski definition) is 1. The molecule has 5 rings (SSSR count). The van der Waals surface area contributed by atoms with E-state index in [0.29, 0.717) is 36.6 Å². The van der Waals surface area contributed by atoms with E-state index >= 15 is 0 Å². The molecule has 0 spiro atoms. The Morgan fingerprint density at radius 1 is 1.12 bits per heavy atom. The van der Waals surface area contributed by atoms with Crippen LogP contribution in [0.5, 0.6) is 0 Å². The second-order valence-corrected chi connectivity index (χ2v) is 11.9. The van der Waals surface area contributed by atoms with Gasteiger partial charge in [0, 0.05) is 32.0 Å². The molecule has 0 aromatic heterocycles. The van der Waals surface area contributed by atoms with E-state index in [9.17, 15) is 14.7 Å². The van der Waals surface area contributed by atoms with Crippen molar-refractivity contribution in [1.82, 2.24) is 4.90 Å². The normalized spacial score (nSPS) is 46.8. The summed E-state index contributed by atoms with van der Waals surface area (Å²) in [5.41, 5.74) is -0.233. The quantitative estimate of drug-likeness (QED) is 0.668. The lowest BCUT2D eigenvalue weighted by Gasteiger charge is -2.59. The molecular weight excluding hydrogens is 406 g/mol. The van der Waals surface area contributed by atoms with Gasteiger partial charge in [0.05, 0.1) is 25.2 Å². The molecule has 32 heavy (non-hydrogen) atoms. The lowest BCUT2D eigenvalue weighted by atomic mass is 9.44. The van der Waals surface area contributed by atoms with Gasteiger partial charge in [-0.25, -0.2) is 0 Å². The van der Waals surface area contributed by atoms with Gasteiger partial charge in [0.1, 0.15) is 12.4 Å². The molecule has 6 heteroatoms. The third-order valence-corrected chi connectivity index (χ3v) is 10.4. The molecule has 0 radical (unpaired) electrons. The number of ether oxygens (including phenoxy) is 2. The first-order valence-electron chi connectivity index (χ1n) is 13.0. The first-order chi connectivity index (χ1) is 15.3. The average Bonchev–Trinajstić information content (AvgIpc) is 3.11. The molecule has 1 N–H and O–H groups in total. The van der Waals surface area contributed by atoms with Crippen LogP contribution >= 0.6 is 0 Å². The van der Waals surface area contributed by atoms with E-state index < -0.39 is 0 Å². The van der Waals surface area contributed by atoms with Crippen LogP contribution in [0.1, 0.15) is 65.2 Å². The third kappa shape index (κ3) is 3.74. The van der Waals surface area contributed by atoms with Gasteiger partial charge in [-0.1, -0.05) is 13.8 Å². The molecule has 1 heterocycles. The molecule has 5 fully saturated rings. The van der Waals surface area contributed by atoms with Gasteiger partial charge < -0.3 is 14.6 Å². The van der Waals surface area contributed by atoms with Crippen molar-refractivity contribution >= 4 is 11.8 Å². The Morgan fingerprint density at radius 2 is 1.91 bits per heavy atom. The number of Topliss-reactive ketones (excluding diaryl/α,β-unsaturated/α-hetero) is 1. The van der Waals surface area contributed by atoms with Gasteiger partial charge in [-0.05, 0) is 73.5 Å². The highest BCUT2D eigenvalue weighted by Gasteiger charge is 2.64. The van der Waals surface area contributed by atoms with Gasteiger partial charge in [-0.15, -0.1) is 0 Å². The summed E-state index contributed by atoms with van der Waals surface area (Å²) in [6.07, 6.45) is 7.04. The molecule has 8 atom stereocenters. The Labute approximate surface area is 192 Å². The highest BCUT2D eigenvalue weighted by molar-refractivity contribution is 5.86. The minimum absolute atomic E-state index is 0.0251. The number of aliphatic hydroxyl groups is 1. The molecule has 1 saturated heterocycles. The molecule has 0 unspecified atom stereocenters. The highest BCUT2D eigenvalue weighted by atomic mass is 16.5. The second kappa shape index (κ2) is 8.66. The van der Waals surface area contributed by atoms with Crippen molar-refractivity contribution < 1.29 is 24.2 Å². The summed E-state index contributed by atoms with van der Waals surface area (Å²) in [6.45, 7) is 9.01. The predicted octanol–water partition coefficient (Wildman–Crippen LogP) is 3.06. The lowest BCUT2D eigenvalue weighted by molar-refractivity contribution is -0.168. The molecule has 6 nitrogen and oxygen atoms in total. The largest absolute Gasteiger partial charge is 0.464 e. The molecule has 0 aromatic rings. The maximum Gasteiger partial charge on any atom is 0.309 e. The summed E-state index contributed by atoms with van der Waals surface area (Å²) in [5.74, 6) is 1.54. The zero-order valence-corrected chi connectivity index (χ0v) is 19.9. The Balaban J connectivity index is 1.26. The van der Waals surface area contributed by atoms with Crippen LogP contribution in [0.25, 0.3) is 0 Å². The van der Waals surface area contributed by atoms with Gasteiger partial charge >= 0.3 is 5.97 Å². The smallest absolute Gasteiger partial charge is 0.309 e.